The number of aromatic amines is 1. The third kappa shape index (κ3) is 2.17. The molecule has 0 aliphatic carbocycles. The van der Waals surface area contributed by atoms with Crippen molar-refractivity contribution >= 4 is 11.4 Å². The normalized spacial score (nSPS) is 10.3. The van der Waals surface area contributed by atoms with Crippen LogP contribution in [0.5, 0.6) is 0 Å². The van der Waals surface area contributed by atoms with Gasteiger partial charge in [0.05, 0.1) is 6.61 Å². The molecule has 0 radical (unpaired) electrons. The van der Waals surface area contributed by atoms with Crippen LogP contribution in [0.4, 0.5) is 11.4 Å². The fraction of sp³-hybridized carbons (Fsp3) is 0.167. The molecule has 4 nitrogen and oxygen atoms in total. The molecule has 0 saturated heterocycles. The van der Waals surface area contributed by atoms with Crippen molar-refractivity contribution in [3.63, 3.8) is 0 Å². The Hall–Kier alpha value is -1.94. The van der Waals surface area contributed by atoms with Crippen molar-refractivity contribution in [1.29, 1.82) is 0 Å². The molecule has 84 valence electrons. The molecule has 1 aromatic heterocycles. The van der Waals surface area contributed by atoms with Crippen molar-refractivity contribution in [2.24, 2.45) is 0 Å². The number of nitrogens with two attached hydrogens (primary N) is 1. The molecule has 0 unspecified atom stereocenters. The number of benzene rings is 1. The van der Waals surface area contributed by atoms with E-state index in [9.17, 15) is 0 Å². The van der Waals surface area contributed by atoms with Gasteiger partial charge < -0.3 is 21.1 Å². The number of aromatic nitrogens is 1. The van der Waals surface area contributed by atoms with Crippen molar-refractivity contribution < 1.29 is 5.11 Å². The Morgan fingerprint density at radius 1 is 1.31 bits per heavy atom. The molecule has 0 spiro atoms. The Bertz CT molecular complexity index is 451. The minimum Gasteiger partial charge on any atom is -0.398 e. The lowest BCUT2D eigenvalue weighted by molar-refractivity contribution is 0.311. The summed E-state index contributed by atoms with van der Waals surface area (Å²) in [7, 11) is 0. The number of aliphatic hydroxyl groups is 1. The topological polar surface area (TPSA) is 74.1 Å². The monoisotopic (exact) mass is 217 g/mol. The number of H-pyrrole nitrogens is 1. The fourth-order valence-electron chi connectivity index (χ4n) is 1.60. The molecule has 0 aliphatic heterocycles. The molecular weight excluding hydrogens is 202 g/mol. The molecule has 4 heteroatoms. The Morgan fingerprint density at radius 3 is 2.88 bits per heavy atom. The highest BCUT2D eigenvalue weighted by atomic mass is 16.3. The van der Waals surface area contributed by atoms with E-state index in [4.69, 9.17) is 10.8 Å². The lowest BCUT2D eigenvalue weighted by atomic mass is 10.1. The number of aliphatic hydroxyl groups excluding tert-OH is 1. The lowest BCUT2D eigenvalue weighted by Gasteiger charge is -2.09. The lowest BCUT2D eigenvalue weighted by Crippen LogP contribution is -2.05. The summed E-state index contributed by atoms with van der Waals surface area (Å²) in [5.74, 6) is 0. The van der Waals surface area contributed by atoms with Crippen LogP contribution in [-0.4, -0.2) is 23.2 Å². The zero-order valence-corrected chi connectivity index (χ0v) is 8.90. The van der Waals surface area contributed by atoms with Crippen LogP contribution in [-0.2, 0) is 0 Å². The van der Waals surface area contributed by atoms with Gasteiger partial charge in [0.15, 0.2) is 0 Å². The molecule has 2 aromatic rings. The van der Waals surface area contributed by atoms with E-state index in [-0.39, 0.29) is 6.61 Å². The van der Waals surface area contributed by atoms with Crippen LogP contribution in [0, 0.1) is 0 Å². The molecule has 0 amide bonds. The summed E-state index contributed by atoms with van der Waals surface area (Å²) in [5, 5.41) is 11.8. The SMILES string of the molecule is Nc1ccc(NCCO)cc1-c1ccc[nH]1. The number of hydrogen-bond acceptors (Lipinski definition) is 3. The Balaban J connectivity index is 2.30. The fourth-order valence-corrected chi connectivity index (χ4v) is 1.60. The van der Waals surface area contributed by atoms with E-state index < -0.39 is 0 Å². The van der Waals surface area contributed by atoms with Crippen molar-refractivity contribution in [3.05, 3.63) is 36.5 Å². The summed E-state index contributed by atoms with van der Waals surface area (Å²) in [6.45, 7) is 0.649. The molecule has 0 atom stereocenters. The minimum atomic E-state index is 0.113. The highest BCUT2D eigenvalue weighted by Crippen LogP contribution is 2.27. The maximum Gasteiger partial charge on any atom is 0.0604 e. The predicted molar refractivity (Wildman–Crippen MR) is 66.2 cm³/mol. The van der Waals surface area contributed by atoms with Crippen molar-refractivity contribution in [1.82, 2.24) is 4.98 Å². The summed E-state index contributed by atoms with van der Waals surface area (Å²) >= 11 is 0. The molecule has 16 heavy (non-hydrogen) atoms. The van der Waals surface area contributed by atoms with Crippen LogP contribution in [0.1, 0.15) is 0 Å². The van der Waals surface area contributed by atoms with Crippen LogP contribution in [0.2, 0.25) is 0 Å². The smallest absolute Gasteiger partial charge is 0.0604 e. The first kappa shape index (κ1) is 10.6. The van der Waals surface area contributed by atoms with E-state index in [1.165, 1.54) is 0 Å². The quantitative estimate of drug-likeness (QED) is 0.588. The maximum atomic E-state index is 8.74. The van der Waals surface area contributed by atoms with Gasteiger partial charge in [0.1, 0.15) is 0 Å². The van der Waals surface area contributed by atoms with E-state index in [0.29, 0.717) is 6.54 Å². The van der Waals surface area contributed by atoms with Gasteiger partial charge in [0, 0.05) is 35.4 Å². The molecular formula is C12H15N3O. The molecule has 1 aromatic carbocycles. The maximum absolute atomic E-state index is 8.74. The van der Waals surface area contributed by atoms with Gasteiger partial charge in [-0.05, 0) is 30.3 Å². The number of nitrogens with one attached hydrogen (secondary N) is 2. The first-order chi connectivity index (χ1) is 7.81. The minimum absolute atomic E-state index is 0.113. The van der Waals surface area contributed by atoms with Crippen LogP contribution in [0.25, 0.3) is 11.3 Å². The second kappa shape index (κ2) is 4.72. The third-order valence-electron chi connectivity index (χ3n) is 2.38. The van der Waals surface area contributed by atoms with E-state index in [1.54, 1.807) is 0 Å². The Labute approximate surface area is 94.1 Å². The summed E-state index contributed by atoms with van der Waals surface area (Å²) in [6.07, 6.45) is 1.86. The Morgan fingerprint density at radius 2 is 2.19 bits per heavy atom. The summed E-state index contributed by atoms with van der Waals surface area (Å²) in [6, 6.07) is 9.63. The highest BCUT2D eigenvalue weighted by molar-refractivity contribution is 5.77. The van der Waals surface area contributed by atoms with Gasteiger partial charge >= 0.3 is 0 Å². The van der Waals surface area contributed by atoms with Crippen molar-refractivity contribution in [2.45, 2.75) is 0 Å². The van der Waals surface area contributed by atoms with Crippen molar-refractivity contribution in [3.8, 4) is 11.3 Å². The molecule has 2 rings (SSSR count). The zero-order chi connectivity index (χ0) is 11.4. The van der Waals surface area contributed by atoms with Gasteiger partial charge in [0.25, 0.3) is 0 Å². The first-order valence-electron chi connectivity index (χ1n) is 5.19. The zero-order valence-electron chi connectivity index (χ0n) is 8.90. The number of anilines is 2. The highest BCUT2D eigenvalue weighted by Gasteiger charge is 2.04. The second-order valence-electron chi connectivity index (χ2n) is 3.54. The second-order valence-corrected chi connectivity index (χ2v) is 3.54. The van der Waals surface area contributed by atoms with E-state index in [1.807, 2.05) is 36.5 Å². The third-order valence-corrected chi connectivity index (χ3v) is 2.38. The van der Waals surface area contributed by atoms with Gasteiger partial charge in [-0.25, -0.2) is 0 Å². The summed E-state index contributed by atoms with van der Waals surface area (Å²) in [4.78, 5) is 3.12. The van der Waals surface area contributed by atoms with E-state index >= 15 is 0 Å². The summed E-state index contributed by atoms with van der Waals surface area (Å²) in [5.41, 5.74) is 9.55. The van der Waals surface area contributed by atoms with Crippen molar-refractivity contribution in [2.75, 3.05) is 24.2 Å². The van der Waals surface area contributed by atoms with E-state index in [2.05, 4.69) is 10.3 Å². The first-order valence-corrected chi connectivity index (χ1v) is 5.19. The van der Waals surface area contributed by atoms with Gasteiger partial charge in [-0.1, -0.05) is 0 Å². The number of hydrogen-bond donors (Lipinski definition) is 4. The molecule has 0 bridgehead atoms. The molecule has 0 saturated carbocycles. The van der Waals surface area contributed by atoms with Gasteiger partial charge in [-0.2, -0.15) is 0 Å². The van der Waals surface area contributed by atoms with Gasteiger partial charge in [0.2, 0.25) is 0 Å². The number of rotatable bonds is 4. The van der Waals surface area contributed by atoms with Crippen LogP contribution in [0.3, 0.4) is 0 Å². The van der Waals surface area contributed by atoms with Crippen LogP contribution in [0.15, 0.2) is 36.5 Å². The number of nitrogen functional groups attached to an aromatic ring is 1. The van der Waals surface area contributed by atoms with Gasteiger partial charge in [-0.3, -0.25) is 0 Å². The largest absolute Gasteiger partial charge is 0.398 e. The van der Waals surface area contributed by atoms with Crippen LogP contribution >= 0.6 is 0 Å². The average Bonchev–Trinajstić information content (AvgIpc) is 2.81. The van der Waals surface area contributed by atoms with Crippen LogP contribution < -0.4 is 11.1 Å². The van der Waals surface area contributed by atoms with E-state index in [0.717, 1.165) is 22.6 Å². The average molecular weight is 217 g/mol. The Kier molecular flexibility index (Phi) is 3.12. The predicted octanol–water partition coefficient (Wildman–Crippen LogP) is 1.67. The molecule has 1 heterocycles. The molecule has 0 fully saturated rings. The molecule has 0 aliphatic rings. The molecule has 5 N–H and O–H groups in total. The van der Waals surface area contributed by atoms with Gasteiger partial charge in [-0.15, -0.1) is 0 Å². The summed E-state index contributed by atoms with van der Waals surface area (Å²) < 4.78 is 0. The standard InChI is InChI=1S/C12H15N3O/c13-11-4-3-9(14-6-7-16)8-10(11)12-2-1-5-15-12/h1-5,8,14-16H,6-7,13H2.